The predicted molar refractivity (Wildman–Crippen MR) is 59.2 cm³/mol. The zero-order valence-electron chi connectivity index (χ0n) is 7.88. The number of aliphatic carboxylic acids is 1. The predicted octanol–water partition coefficient (Wildman–Crippen LogP) is 1.93. The molecule has 0 aliphatic heterocycles. The molecule has 0 unspecified atom stereocenters. The molecule has 0 saturated carbocycles. The molecule has 0 radical (unpaired) electrons. The Bertz CT molecular complexity index is 485. The summed E-state index contributed by atoms with van der Waals surface area (Å²) >= 11 is 5.74. The molecular formula is C9H7ClN2O4. The zero-order valence-corrected chi connectivity index (χ0v) is 8.64. The fourth-order valence-corrected chi connectivity index (χ4v) is 1.28. The summed E-state index contributed by atoms with van der Waals surface area (Å²) < 4.78 is 0. The first-order chi connectivity index (χ1) is 7.41. The van der Waals surface area contributed by atoms with Crippen molar-refractivity contribution in [2.24, 2.45) is 0 Å². The van der Waals surface area contributed by atoms with Crippen LogP contribution < -0.4 is 5.73 Å². The van der Waals surface area contributed by atoms with Gasteiger partial charge in [0.05, 0.1) is 9.95 Å². The molecule has 7 heteroatoms. The van der Waals surface area contributed by atoms with Crippen molar-refractivity contribution in [3.63, 3.8) is 0 Å². The molecule has 0 fully saturated rings. The van der Waals surface area contributed by atoms with Crippen LogP contribution in [0, 0.1) is 10.1 Å². The molecule has 0 amide bonds. The van der Waals surface area contributed by atoms with Gasteiger partial charge in [-0.2, -0.15) is 0 Å². The quantitative estimate of drug-likeness (QED) is 0.364. The highest BCUT2D eigenvalue weighted by Gasteiger charge is 2.14. The normalized spacial score (nSPS) is 10.6. The molecule has 0 heterocycles. The molecule has 0 bridgehead atoms. The molecular weight excluding hydrogens is 236 g/mol. The van der Waals surface area contributed by atoms with Crippen LogP contribution in [0.2, 0.25) is 5.02 Å². The van der Waals surface area contributed by atoms with E-state index in [0.717, 1.165) is 18.2 Å². The van der Waals surface area contributed by atoms with Gasteiger partial charge in [0.25, 0.3) is 5.69 Å². The van der Waals surface area contributed by atoms with Gasteiger partial charge in [-0.1, -0.05) is 11.6 Å². The SMILES string of the molecule is Nc1cc(Cl)c(C=CC(=O)O)cc1[N+](=O)[O-]. The zero-order chi connectivity index (χ0) is 12.3. The van der Waals surface area contributed by atoms with E-state index in [0.29, 0.717) is 0 Å². The van der Waals surface area contributed by atoms with Crippen molar-refractivity contribution >= 4 is 35.0 Å². The van der Waals surface area contributed by atoms with Crippen molar-refractivity contribution in [2.45, 2.75) is 0 Å². The molecule has 6 nitrogen and oxygen atoms in total. The topological polar surface area (TPSA) is 106 Å². The second-order valence-corrected chi connectivity index (χ2v) is 3.27. The largest absolute Gasteiger partial charge is 0.478 e. The second kappa shape index (κ2) is 4.63. The van der Waals surface area contributed by atoms with Gasteiger partial charge in [-0.3, -0.25) is 10.1 Å². The minimum atomic E-state index is -1.17. The second-order valence-electron chi connectivity index (χ2n) is 2.86. The average Bonchev–Trinajstić information content (AvgIpc) is 2.15. The molecule has 1 aromatic rings. The van der Waals surface area contributed by atoms with Crippen LogP contribution in [0.1, 0.15) is 5.56 Å². The number of anilines is 1. The summed E-state index contributed by atoms with van der Waals surface area (Å²) in [6.07, 6.45) is 2.00. The number of nitrogens with two attached hydrogens (primary N) is 1. The summed E-state index contributed by atoms with van der Waals surface area (Å²) in [7, 11) is 0. The lowest BCUT2D eigenvalue weighted by Gasteiger charge is -2.01. The van der Waals surface area contributed by atoms with Gasteiger partial charge in [0.15, 0.2) is 0 Å². The minimum Gasteiger partial charge on any atom is -0.478 e. The number of benzene rings is 1. The van der Waals surface area contributed by atoms with Gasteiger partial charge in [-0.25, -0.2) is 4.79 Å². The van der Waals surface area contributed by atoms with E-state index in [4.69, 9.17) is 22.4 Å². The number of nitrogens with zero attached hydrogens (tertiary/aromatic N) is 1. The van der Waals surface area contributed by atoms with E-state index >= 15 is 0 Å². The van der Waals surface area contributed by atoms with Crippen LogP contribution in [0.5, 0.6) is 0 Å². The van der Waals surface area contributed by atoms with Crippen LogP contribution in [0.15, 0.2) is 18.2 Å². The lowest BCUT2D eigenvalue weighted by atomic mass is 10.1. The third kappa shape index (κ3) is 2.71. The fraction of sp³-hybridized carbons (Fsp3) is 0. The van der Waals surface area contributed by atoms with Gasteiger partial charge in [0.2, 0.25) is 0 Å². The maximum atomic E-state index is 10.6. The van der Waals surface area contributed by atoms with E-state index in [1.54, 1.807) is 0 Å². The van der Waals surface area contributed by atoms with Crippen LogP contribution in [-0.4, -0.2) is 16.0 Å². The number of nitro benzene ring substituents is 1. The Morgan fingerprint density at radius 2 is 2.19 bits per heavy atom. The third-order valence-corrected chi connectivity index (χ3v) is 2.08. The summed E-state index contributed by atoms with van der Waals surface area (Å²) in [6, 6.07) is 2.33. The first-order valence-electron chi connectivity index (χ1n) is 4.06. The number of hydrogen-bond acceptors (Lipinski definition) is 4. The van der Waals surface area contributed by atoms with Crippen molar-refractivity contribution < 1.29 is 14.8 Å². The van der Waals surface area contributed by atoms with E-state index in [2.05, 4.69) is 0 Å². The summed E-state index contributed by atoms with van der Waals surface area (Å²) in [4.78, 5) is 20.2. The van der Waals surface area contributed by atoms with Crippen LogP contribution in [-0.2, 0) is 4.79 Å². The third-order valence-electron chi connectivity index (χ3n) is 1.75. The number of carbonyl (C=O) groups is 1. The average molecular weight is 243 g/mol. The van der Waals surface area contributed by atoms with Gasteiger partial charge in [0.1, 0.15) is 5.69 Å². The van der Waals surface area contributed by atoms with Crippen molar-refractivity contribution in [1.82, 2.24) is 0 Å². The van der Waals surface area contributed by atoms with E-state index in [1.807, 2.05) is 0 Å². The Balaban J connectivity index is 3.25. The number of carboxylic acids is 1. The fourth-order valence-electron chi connectivity index (χ4n) is 1.04. The van der Waals surface area contributed by atoms with Crippen LogP contribution in [0.25, 0.3) is 6.08 Å². The number of hydrogen-bond donors (Lipinski definition) is 2. The molecule has 0 saturated heterocycles. The smallest absolute Gasteiger partial charge is 0.328 e. The molecule has 0 atom stereocenters. The molecule has 1 rings (SSSR count). The summed E-state index contributed by atoms with van der Waals surface area (Å²) in [5.74, 6) is -1.17. The summed E-state index contributed by atoms with van der Waals surface area (Å²) in [5.41, 5.74) is 5.23. The molecule has 0 aliphatic carbocycles. The highest BCUT2D eigenvalue weighted by molar-refractivity contribution is 6.32. The van der Waals surface area contributed by atoms with E-state index in [-0.39, 0.29) is 22.0 Å². The summed E-state index contributed by atoms with van der Waals surface area (Å²) in [5, 5.41) is 19.1. The molecule has 0 aromatic heterocycles. The molecule has 0 spiro atoms. The Morgan fingerprint density at radius 3 is 2.69 bits per heavy atom. The van der Waals surface area contributed by atoms with Gasteiger partial charge in [-0.05, 0) is 12.1 Å². The Labute approximate surface area is 95.1 Å². The highest BCUT2D eigenvalue weighted by atomic mass is 35.5. The molecule has 16 heavy (non-hydrogen) atoms. The van der Waals surface area contributed by atoms with Crippen molar-refractivity contribution in [3.05, 3.63) is 38.9 Å². The maximum Gasteiger partial charge on any atom is 0.328 e. The van der Waals surface area contributed by atoms with E-state index in [9.17, 15) is 14.9 Å². The Hall–Kier alpha value is -2.08. The van der Waals surface area contributed by atoms with Crippen molar-refractivity contribution in [1.29, 1.82) is 0 Å². The van der Waals surface area contributed by atoms with Crippen molar-refractivity contribution in [3.8, 4) is 0 Å². The van der Waals surface area contributed by atoms with Gasteiger partial charge < -0.3 is 10.8 Å². The van der Waals surface area contributed by atoms with Gasteiger partial charge >= 0.3 is 5.97 Å². The Kier molecular flexibility index (Phi) is 3.47. The minimum absolute atomic E-state index is 0.0672. The lowest BCUT2D eigenvalue weighted by molar-refractivity contribution is -0.383. The molecule has 3 N–H and O–H groups in total. The first-order valence-corrected chi connectivity index (χ1v) is 4.44. The Morgan fingerprint density at radius 1 is 1.56 bits per heavy atom. The lowest BCUT2D eigenvalue weighted by Crippen LogP contribution is -1.96. The number of nitrogen functional groups attached to an aromatic ring is 1. The number of nitro groups is 1. The number of halogens is 1. The van der Waals surface area contributed by atoms with E-state index in [1.165, 1.54) is 6.07 Å². The standard InChI is InChI=1S/C9H7ClN2O4/c10-6-4-7(11)8(12(15)16)3-5(6)1-2-9(13)14/h1-4H,11H2,(H,13,14). The number of rotatable bonds is 3. The van der Waals surface area contributed by atoms with Crippen LogP contribution >= 0.6 is 11.6 Å². The van der Waals surface area contributed by atoms with E-state index < -0.39 is 10.9 Å². The van der Waals surface area contributed by atoms with Gasteiger partial charge in [0, 0.05) is 17.7 Å². The number of carboxylic acid groups (broad SMARTS) is 1. The molecule has 1 aromatic carbocycles. The van der Waals surface area contributed by atoms with Crippen LogP contribution in [0.3, 0.4) is 0 Å². The van der Waals surface area contributed by atoms with Crippen LogP contribution in [0.4, 0.5) is 11.4 Å². The maximum absolute atomic E-state index is 10.6. The molecule has 84 valence electrons. The first kappa shape index (κ1) is 12.0. The monoisotopic (exact) mass is 242 g/mol. The highest BCUT2D eigenvalue weighted by Crippen LogP contribution is 2.29. The summed E-state index contributed by atoms with van der Waals surface area (Å²) in [6.45, 7) is 0. The molecule has 0 aliphatic rings. The van der Waals surface area contributed by atoms with Crippen molar-refractivity contribution in [2.75, 3.05) is 5.73 Å². The van der Waals surface area contributed by atoms with Gasteiger partial charge in [-0.15, -0.1) is 0 Å².